The summed E-state index contributed by atoms with van der Waals surface area (Å²) in [5.41, 5.74) is 7.01. The standard InChI is InChI=1S/C18H25N5O2/c1-12-5-4-10-23(15(12)11-19)16(24)8-9-20-18(25)17-13-6-2-3-7-14(13)21-22-17/h2-3,6-7,12,15H,4-5,8-11,19H2,1H3,(H,20,25)(H,21,22). The lowest BCUT2D eigenvalue weighted by Crippen LogP contribution is -2.51. The number of amides is 2. The summed E-state index contributed by atoms with van der Waals surface area (Å²) in [5, 5.41) is 10.5. The zero-order chi connectivity index (χ0) is 17.8. The van der Waals surface area contributed by atoms with Gasteiger partial charge in [-0.15, -0.1) is 0 Å². The highest BCUT2D eigenvalue weighted by molar-refractivity contribution is 6.04. The molecule has 1 fully saturated rings. The van der Waals surface area contributed by atoms with E-state index in [4.69, 9.17) is 5.73 Å². The van der Waals surface area contributed by atoms with Crippen molar-refractivity contribution in [1.82, 2.24) is 20.4 Å². The van der Waals surface area contributed by atoms with Gasteiger partial charge in [0.1, 0.15) is 0 Å². The van der Waals surface area contributed by atoms with Crippen LogP contribution >= 0.6 is 0 Å². The third-order valence-electron chi connectivity index (χ3n) is 4.99. The lowest BCUT2D eigenvalue weighted by Gasteiger charge is -2.39. The fourth-order valence-electron chi connectivity index (χ4n) is 3.57. The number of nitrogens with two attached hydrogens (primary N) is 1. The highest BCUT2D eigenvalue weighted by Crippen LogP contribution is 2.23. The monoisotopic (exact) mass is 343 g/mol. The second-order valence-corrected chi connectivity index (χ2v) is 6.63. The molecule has 1 saturated heterocycles. The second kappa shape index (κ2) is 7.65. The third-order valence-corrected chi connectivity index (χ3v) is 4.99. The number of H-pyrrole nitrogens is 1. The van der Waals surface area contributed by atoms with E-state index in [1.165, 1.54) is 0 Å². The molecule has 25 heavy (non-hydrogen) atoms. The smallest absolute Gasteiger partial charge is 0.272 e. The molecule has 7 nitrogen and oxygen atoms in total. The zero-order valence-corrected chi connectivity index (χ0v) is 14.5. The van der Waals surface area contributed by atoms with Crippen molar-refractivity contribution in [3.63, 3.8) is 0 Å². The minimum absolute atomic E-state index is 0.0502. The van der Waals surface area contributed by atoms with Crippen molar-refractivity contribution in [1.29, 1.82) is 0 Å². The molecule has 7 heteroatoms. The summed E-state index contributed by atoms with van der Waals surface area (Å²) in [7, 11) is 0. The molecule has 0 aliphatic carbocycles. The van der Waals surface area contributed by atoms with Gasteiger partial charge in [0.25, 0.3) is 5.91 Å². The maximum Gasteiger partial charge on any atom is 0.272 e. The Hall–Kier alpha value is -2.41. The van der Waals surface area contributed by atoms with Gasteiger partial charge in [-0.05, 0) is 24.8 Å². The molecule has 2 atom stereocenters. The van der Waals surface area contributed by atoms with Gasteiger partial charge in [-0.1, -0.05) is 25.1 Å². The first-order valence-corrected chi connectivity index (χ1v) is 8.82. The summed E-state index contributed by atoms with van der Waals surface area (Å²) >= 11 is 0. The number of piperidine rings is 1. The summed E-state index contributed by atoms with van der Waals surface area (Å²) in [5.74, 6) is 0.203. The average molecular weight is 343 g/mol. The number of carbonyl (C=O) groups is 2. The quantitative estimate of drug-likeness (QED) is 0.760. The van der Waals surface area contributed by atoms with Gasteiger partial charge in [0, 0.05) is 37.5 Å². The van der Waals surface area contributed by atoms with Gasteiger partial charge in [-0.3, -0.25) is 14.7 Å². The van der Waals surface area contributed by atoms with E-state index in [1.807, 2.05) is 29.2 Å². The van der Waals surface area contributed by atoms with Crippen LogP contribution in [0.5, 0.6) is 0 Å². The maximum atomic E-state index is 12.5. The van der Waals surface area contributed by atoms with Gasteiger partial charge < -0.3 is 16.0 Å². The first-order chi connectivity index (χ1) is 12.1. The van der Waals surface area contributed by atoms with Crippen LogP contribution in [0.1, 0.15) is 36.7 Å². The Morgan fingerprint density at radius 3 is 3.00 bits per heavy atom. The number of nitrogens with zero attached hydrogens (tertiary/aromatic N) is 2. The molecule has 1 aliphatic heterocycles. The first kappa shape index (κ1) is 17.4. The molecule has 2 unspecified atom stereocenters. The molecule has 3 rings (SSSR count). The Balaban J connectivity index is 1.55. The van der Waals surface area contributed by atoms with E-state index in [1.54, 1.807) is 0 Å². The van der Waals surface area contributed by atoms with Crippen LogP contribution in [0.2, 0.25) is 0 Å². The van der Waals surface area contributed by atoms with E-state index in [-0.39, 0.29) is 24.3 Å². The molecule has 4 N–H and O–H groups in total. The Morgan fingerprint density at radius 1 is 1.40 bits per heavy atom. The number of hydrogen-bond acceptors (Lipinski definition) is 4. The summed E-state index contributed by atoms with van der Waals surface area (Å²) in [4.78, 5) is 26.7. The predicted molar refractivity (Wildman–Crippen MR) is 96.0 cm³/mol. The van der Waals surface area contributed by atoms with Gasteiger partial charge in [0.05, 0.1) is 5.52 Å². The number of likely N-dealkylation sites (tertiary alicyclic amines) is 1. The lowest BCUT2D eigenvalue weighted by atomic mass is 9.90. The van der Waals surface area contributed by atoms with Crippen molar-refractivity contribution in [2.75, 3.05) is 19.6 Å². The van der Waals surface area contributed by atoms with Crippen LogP contribution in [0.3, 0.4) is 0 Å². The van der Waals surface area contributed by atoms with E-state index in [9.17, 15) is 9.59 Å². The molecule has 1 aromatic carbocycles. The molecule has 1 aliphatic rings. The van der Waals surface area contributed by atoms with Crippen molar-refractivity contribution < 1.29 is 9.59 Å². The summed E-state index contributed by atoms with van der Waals surface area (Å²) < 4.78 is 0. The Labute approximate surface area is 146 Å². The SMILES string of the molecule is CC1CCCN(C(=O)CCNC(=O)c2n[nH]c3ccccc23)C1CN. The van der Waals surface area contributed by atoms with Crippen LogP contribution in [0.25, 0.3) is 10.9 Å². The highest BCUT2D eigenvalue weighted by Gasteiger charge is 2.30. The number of carbonyl (C=O) groups excluding carboxylic acids is 2. The maximum absolute atomic E-state index is 12.5. The molecule has 0 spiro atoms. The van der Waals surface area contributed by atoms with Crippen molar-refractivity contribution in [3.05, 3.63) is 30.0 Å². The number of para-hydroxylation sites is 1. The third kappa shape index (κ3) is 3.66. The van der Waals surface area contributed by atoms with Crippen molar-refractivity contribution in [2.24, 2.45) is 11.7 Å². The number of aromatic amines is 1. The molecule has 2 heterocycles. The van der Waals surface area contributed by atoms with Crippen molar-refractivity contribution >= 4 is 22.7 Å². The van der Waals surface area contributed by atoms with Crippen LogP contribution in [0.15, 0.2) is 24.3 Å². The van der Waals surface area contributed by atoms with Crippen LogP contribution in [-0.4, -0.2) is 52.6 Å². The Kier molecular flexibility index (Phi) is 5.33. The minimum Gasteiger partial charge on any atom is -0.350 e. The minimum atomic E-state index is -0.271. The van der Waals surface area contributed by atoms with Gasteiger partial charge >= 0.3 is 0 Å². The summed E-state index contributed by atoms with van der Waals surface area (Å²) in [6.07, 6.45) is 2.39. The molecular formula is C18H25N5O2. The molecule has 2 amide bonds. The van der Waals surface area contributed by atoms with Gasteiger partial charge in [0.15, 0.2) is 5.69 Å². The van der Waals surface area contributed by atoms with Crippen LogP contribution in [-0.2, 0) is 4.79 Å². The fraction of sp³-hybridized carbons (Fsp3) is 0.500. The lowest BCUT2D eigenvalue weighted by molar-refractivity contribution is -0.135. The second-order valence-electron chi connectivity index (χ2n) is 6.63. The molecule has 0 radical (unpaired) electrons. The topological polar surface area (TPSA) is 104 Å². The van der Waals surface area contributed by atoms with Crippen LogP contribution in [0, 0.1) is 5.92 Å². The Bertz CT molecular complexity index is 757. The molecule has 0 saturated carbocycles. The van der Waals surface area contributed by atoms with Crippen LogP contribution < -0.4 is 11.1 Å². The summed E-state index contributed by atoms with van der Waals surface area (Å²) in [6.45, 7) is 3.67. The number of benzene rings is 1. The molecule has 134 valence electrons. The molecule has 1 aromatic heterocycles. The van der Waals surface area contributed by atoms with Crippen molar-refractivity contribution in [3.8, 4) is 0 Å². The van der Waals surface area contributed by atoms with Crippen molar-refractivity contribution in [2.45, 2.75) is 32.2 Å². The first-order valence-electron chi connectivity index (χ1n) is 8.82. The average Bonchev–Trinajstić information content (AvgIpc) is 3.05. The fourth-order valence-corrected chi connectivity index (χ4v) is 3.57. The molecular weight excluding hydrogens is 318 g/mol. The number of hydrogen-bond donors (Lipinski definition) is 3. The van der Waals surface area contributed by atoms with E-state index in [2.05, 4.69) is 22.4 Å². The zero-order valence-electron chi connectivity index (χ0n) is 14.5. The van der Waals surface area contributed by atoms with Crippen LogP contribution in [0.4, 0.5) is 0 Å². The molecule has 0 bridgehead atoms. The largest absolute Gasteiger partial charge is 0.350 e. The normalized spacial score (nSPS) is 20.6. The highest BCUT2D eigenvalue weighted by atomic mass is 16.2. The van der Waals surface area contributed by atoms with E-state index in [0.29, 0.717) is 24.7 Å². The summed E-state index contributed by atoms with van der Waals surface area (Å²) in [6, 6.07) is 7.57. The predicted octanol–water partition coefficient (Wildman–Crippen LogP) is 1.27. The Morgan fingerprint density at radius 2 is 2.20 bits per heavy atom. The van der Waals surface area contributed by atoms with Gasteiger partial charge in [0.2, 0.25) is 5.91 Å². The van der Waals surface area contributed by atoms with E-state index < -0.39 is 0 Å². The van der Waals surface area contributed by atoms with Gasteiger partial charge in [-0.2, -0.15) is 5.10 Å². The number of aromatic nitrogens is 2. The number of rotatable bonds is 5. The molecule has 2 aromatic rings. The van der Waals surface area contributed by atoms with E-state index >= 15 is 0 Å². The number of fused-ring (bicyclic) bond motifs is 1. The number of nitrogens with one attached hydrogen (secondary N) is 2. The van der Waals surface area contributed by atoms with Gasteiger partial charge in [-0.25, -0.2) is 0 Å². The van der Waals surface area contributed by atoms with E-state index in [0.717, 1.165) is 30.3 Å².